The molecular formula is C11H13FN2O2. The topological polar surface area (TPSA) is 55.2 Å². The fourth-order valence-electron chi connectivity index (χ4n) is 1.51. The van der Waals surface area contributed by atoms with E-state index in [4.69, 9.17) is 0 Å². The molecule has 1 aromatic carbocycles. The van der Waals surface area contributed by atoms with Crippen LogP contribution in [-0.4, -0.2) is 11.5 Å². The van der Waals surface area contributed by atoms with Gasteiger partial charge in [0.1, 0.15) is 11.5 Å². The summed E-state index contributed by atoms with van der Waals surface area (Å²) in [7, 11) is 0. The van der Waals surface area contributed by atoms with Crippen LogP contribution in [0.2, 0.25) is 0 Å². The molecule has 86 valence electrons. The van der Waals surface area contributed by atoms with Crippen LogP contribution in [0.4, 0.5) is 15.8 Å². The van der Waals surface area contributed by atoms with E-state index in [0.29, 0.717) is 6.54 Å². The number of benzene rings is 1. The van der Waals surface area contributed by atoms with E-state index in [2.05, 4.69) is 12.2 Å². The molecule has 0 saturated heterocycles. The van der Waals surface area contributed by atoms with Gasteiger partial charge < -0.3 is 5.32 Å². The lowest BCUT2D eigenvalue weighted by Gasteiger charge is -2.11. The summed E-state index contributed by atoms with van der Waals surface area (Å²) in [5, 5.41) is 13.7. The lowest BCUT2D eigenvalue weighted by molar-refractivity contribution is -0.384. The van der Waals surface area contributed by atoms with Crippen molar-refractivity contribution in [3.05, 3.63) is 34.1 Å². The largest absolute Gasteiger partial charge is 0.379 e. The number of rotatable bonds is 4. The van der Waals surface area contributed by atoms with E-state index in [1.807, 2.05) is 0 Å². The third-order valence-corrected chi connectivity index (χ3v) is 2.96. The van der Waals surface area contributed by atoms with Crippen LogP contribution in [0.1, 0.15) is 19.8 Å². The molecule has 1 aromatic rings. The lowest BCUT2D eigenvalue weighted by Crippen LogP contribution is -2.12. The highest BCUT2D eigenvalue weighted by Gasteiger charge is 2.37. The fraction of sp³-hybridized carbons (Fsp3) is 0.455. The molecule has 0 aliphatic heterocycles. The van der Waals surface area contributed by atoms with E-state index in [9.17, 15) is 14.5 Å². The van der Waals surface area contributed by atoms with Gasteiger partial charge in [-0.3, -0.25) is 10.1 Å². The van der Waals surface area contributed by atoms with Crippen molar-refractivity contribution in [2.45, 2.75) is 19.8 Å². The quantitative estimate of drug-likeness (QED) is 0.631. The predicted molar refractivity (Wildman–Crippen MR) is 58.9 cm³/mol. The highest BCUT2D eigenvalue weighted by atomic mass is 19.1. The number of halogens is 1. The van der Waals surface area contributed by atoms with Gasteiger partial charge in [-0.1, -0.05) is 6.92 Å². The highest BCUT2D eigenvalue weighted by Crippen LogP contribution is 2.45. The first-order valence-electron chi connectivity index (χ1n) is 5.18. The van der Waals surface area contributed by atoms with E-state index in [0.717, 1.165) is 18.9 Å². The van der Waals surface area contributed by atoms with Crippen LogP contribution in [0.15, 0.2) is 18.2 Å². The average Bonchev–Trinajstić information content (AvgIpc) is 2.94. The molecule has 1 fully saturated rings. The Kier molecular flexibility index (Phi) is 2.53. The number of nitro benzene ring substituents is 1. The summed E-state index contributed by atoms with van der Waals surface area (Å²) in [4.78, 5) is 10.2. The zero-order valence-corrected chi connectivity index (χ0v) is 9.00. The maximum absolute atomic E-state index is 13.0. The average molecular weight is 224 g/mol. The number of nitrogens with one attached hydrogen (secondary N) is 1. The van der Waals surface area contributed by atoms with Gasteiger partial charge in [0.05, 0.1) is 4.92 Å². The Labute approximate surface area is 92.6 Å². The Bertz CT molecular complexity index is 430. The van der Waals surface area contributed by atoms with Gasteiger partial charge in [0, 0.05) is 18.7 Å². The third kappa shape index (κ3) is 2.29. The molecule has 1 aliphatic carbocycles. The van der Waals surface area contributed by atoms with Crippen molar-refractivity contribution in [3.8, 4) is 0 Å². The van der Waals surface area contributed by atoms with E-state index >= 15 is 0 Å². The standard InChI is InChI=1S/C11H13FN2O2/c1-11(4-5-11)7-13-9-6-8(12)2-3-10(9)14(15)16/h2-3,6,13H,4-5,7H2,1H3. The van der Waals surface area contributed by atoms with Crippen LogP contribution in [0.3, 0.4) is 0 Å². The van der Waals surface area contributed by atoms with Crippen LogP contribution in [0.5, 0.6) is 0 Å². The van der Waals surface area contributed by atoms with Gasteiger partial charge in [-0.25, -0.2) is 4.39 Å². The predicted octanol–water partition coefficient (Wildman–Crippen LogP) is 2.95. The molecular weight excluding hydrogens is 211 g/mol. The minimum absolute atomic E-state index is 0.0781. The van der Waals surface area contributed by atoms with Crippen molar-refractivity contribution in [2.75, 3.05) is 11.9 Å². The molecule has 0 heterocycles. The monoisotopic (exact) mass is 224 g/mol. The summed E-state index contributed by atoms with van der Waals surface area (Å²) in [6.45, 7) is 2.75. The van der Waals surface area contributed by atoms with Crippen LogP contribution in [0.25, 0.3) is 0 Å². The molecule has 1 aliphatic rings. The highest BCUT2D eigenvalue weighted by molar-refractivity contribution is 5.61. The molecule has 5 heteroatoms. The number of nitrogens with zero attached hydrogens (tertiary/aromatic N) is 1. The van der Waals surface area contributed by atoms with Crippen molar-refractivity contribution in [2.24, 2.45) is 5.41 Å². The smallest absolute Gasteiger partial charge is 0.292 e. The molecule has 0 atom stereocenters. The Balaban J connectivity index is 2.16. The molecule has 1 N–H and O–H groups in total. The zero-order chi connectivity index (χ0) is 11.8. The summed E-state index contributed by atoms with van der Waals surface area (Å²) in [6, 6.07) is 3.46. The van der Waals surface area contributed by atoms with Crippen molar-refractivity contribution < 1.29 is 9.31 Å². The van der Waals surface area contributed by atoms with Crippen molar-refractivity contribution in [3.63, 3.8) is 0 Å². The molecule has 4 nitrogen and oxygen atoms in total. The number of hydrogen-bond acceptors (Lipinski definition) is 3. The first-order valence-corrected chi connectivity index (χ1v) is 5.18. The molecule has 0 spiro atoms. The van der Waals surface area contributed by atoms with Gasteiger partial charge in [0.25, 0.3) is 5.69 Å². The minimum atomic E-state index is -0.503. The second kappa shape index (κ2) is 3.73. The van der Waals surface area contributed by atoms with E-state index in [-0.39, 0.29) is 16.8 Å². The van der Waals surface area contributed by atoms with Crippen molar-refractivity contribution in [1.29, 1.82) is 0 Å². The molecule has 0 aromatic heterocycles. The fourth-order valence-corrected chi connectivity index (χ4v) is 1.51. The summed E-state index contributed by atoms with van der Waals surface area (Å²) in [5.41, 5.74) is 0.406. The summed E-state index contributed by atoms with van der Waals surface area (Å²) in [5.74, 6) is -0.464. The second-order valence-corrected chi connectivity index (χ2v) is 4.58. The third-order valence-electron chi connectivity index (χ3n) is 2.96. The SMILES string of the molecule is CC1(CNc2cc(F)ccc2[N+](=O)[O-])CC1. The molecule has 1 saturated carbocycles. The van der Waals surface area contributed by atoms with Gasteiger partial charge in [-0.05, 0) is 24.3 Å². The summed E-state index contributed by atoms with van der Waals surface area (Å²) in [6.07, 6.45) is 2.23. The first-order chi connectivity index (χ1) is 7.50. The van der Waals surface area contributed by atoms with Crippen molar-refractivity contribution >= 4 is 11.4 Å². The maximum atomic E-state index is 13.0. The number of anilines is 1. The lowest BCUT2D eigenvalue weighted by atomic mass is 10.1. The normalized spacial score (nSPS) is 16.9. The van der Waals surface area contributed by atoms with Gasteiger partial charge in [-0.15, -0.1) is 0 Å². The Morgan fingerprint density at radius 1 is 1.56 bits per heavy atom. The maximum Gasteiger partial charge on any atom is 0.292 e. The number of nitro groups is 1. The summed E-state index contributed by atoms with van der Waals surface area (Å²) < 4.78 is 13.0. The van der Waals surface area contributed by atoms with Crippen LogP contribution in [0, 0.1) is 21.3 Å². The van der Waals surface area contributed by atoms with Gasteiger partial charge in [0.15, 0.2) is 0 Å². The Morgan fingerprint density at radius 3 is 2.81 bits per heavy atom. The Hall–Kier alpha value is -1.65. The van der Waals surface area contributed by atoms with E-state index in [1.165, 1.54) is 12.1 Å². The Morgan fingerprint density at radius 2 is 2.25 bits per heavy atom. The van der Waals surface area contributed by atoms with E-state index in [1.54, 1.807) is 0 Å². The summed E-state index contributed by atoms with van der Waals surface area (Å²) >= 11 is 0. The van der Waals surface area contributed by atoms with Crippen LogP contribution >= 0.6 is 0 Å². The van der Waals surface area contributed by atoms with Gasteiger partial charge in [-0.2, -0.15) is 0 Å². The number of hydrogen-bond donors (Lipinski definition) is 1. The first kappa shape index (κ1) is 10.9. The van der Waals surface area contributed by atoms with Gasteiger partial charge >= 0.3 is 0 Å². The molecule has 2 rings (SSSR count). The van der Waals surface area contributed by atoms with Crippen LogP contribution in [-0.2, 0) is 0 Å². The molecule has 0 amide bonds. The van der Waals surface area contributed by atoms with Gasteiger partial charge in [0.2, 0.25) is 0 Å². The van der Waals surface area contributed by atoms with Crippen LogP contribution < -0.4 is 5.32 Å². The molecule has 0 unspecified atom stereocenters. The molecule has 0 radical (unpaired) electrons. The molecule has 16 heavy (non-hydrogen) atoms. The second-order valence-electron chi connectivity index (χ2n) is 4.58. The van der Waals surface area contributed by atoms with Crippen molar-refractivity contribution in [1.82, 2.24) is 0 Å². The molecule has 0 bridgehead atoms. The minimum Gasteiger partial charge on any atom is -0.379 e. The zero-order valence-electron chi connectivity index (χ0n) is 9.00. The van der Waals surface area contributed by atoms with E-state index < -0.39 is 10.7 Å².